The lowest BCUT2D eigenvalue weighted by atomic mass is 9.81. The van der Waals surface area contributed by atoms with Crippen LogP contribution in [-0.4, -0.2) is 21.2 Å². The number of thioether (sulfide) groups is 1. The van der Waals surface area contributed by atoms with E-state index in [1.165, 1.54) is 0 Å². The molecule has 2 fully saturated rings. The fourth-order valence-corrected chi connectivity index (χ4v) is 5.54. The van der Waals surface area contributed by atoms with E-state index < -0.39 is 23.2 Å². The lowest BCUT2D eigenvalue weighted by Crippen LogP contribution is -2.44. The maximum Gasteiger partial charge on any atom is 0.416 e. The average Bonchev–Trinajstić information content (AvgIpc) is 2.39. The Bertz CT molecular complexity index is 546. The van der Waals surface area contributed by atoms with Gasteiger partial charge in [0.25, 0.3) is 0 Å². The van der Waals surface area contributed by atoms with Crippen LogP contribution in [0.5, 0.6) is 0 Å². The van der Waals surface area contributed by atoms with Crippen LogP contribution in [0.1, 0.15) is 43.2 Å². The molecular formula is C16H18F4OS. The lowest BCUT2D eigenvalue weighted by Gasteiger charge is -2.44. The van der Waals surface area contributed by atoms with Crippen molar-refractivity contribution in [2.24, 2.45) is 0 Å². The molecule has 22 heavy (non-hydrogen) atoms. The summed E-state index contributed by atoms with van der Waals surface area (Å²) < 4.78 is 51.7. The summed E-state index contributed by atoms with van der Waals surface area (Å²) in [6, 6.07) is 2.57. The molecule has 0 saturated carbocycles. The van der Waals surface area contributed by atoms with Gasteiger partial charge in [-0.2, -0.15) is 24.9 Å². The van der Waals surface area contributed by atoms with Gasteiger partial charge in [-0.25, -0.2) is 4.39 Å². The summed E-state index contributed by atoms with van der Waals surface area (Å²) in [5.74, 6) is -0.883. The van der Waals surface area contributed by atoms with Gasteiger partial charge in [-0.05, 0) is 43.4 Å². The highest BCUT2D eigenvalue weighted by atomic mass is 32.2. The first kappa shape index (κ1) is 16.1. The third-order valence-corrected chi connectivity index (χ3v) is 6.13. The maximum atomic E-state index is 14.0. The molecule has 2 heterocycles. The predicted molar refractivity (Wildman–Crippen MR) is 78.3 cm³/mol. The van der Waals surface area contributed by atoms with Crippen molar-refractivity contribution in [3.05, 3.63) is 35.1 Å². The zero-order chi connectivity index (χ0) is 16.0. The molecule has 2 bridgehead atoms. The quantitative estimate of drug-likeness (QED) is 0.800. The summed E-state index contributed by atoms with van der Waals surface area (Å²) in [6.45, 7) is 0. The molecule has 2 atom stereocenters. The molecule has 0 spiro atoms. The Hall–Kier alpha value is -0.750. The predicted octanol–water partition coefficient (Wildman–Crippen LogP) is 4.57. The molecule has 6 heteroatoms. The molecule has 122 valence electrons. The molecule has 2 aliphatic rings. The van der Waals surface area contributed by atoms with Crippen molar-refractivity contribution in [3.63, 3.8) is 0 Å². The Labute approximate surface area is 131 Å². The second-order valence-corrected chi connectivity index (χ2v) is 8.03. The fourth-order valence-electron chi connectivity index (χ4n) is 3.58. The van der Waals surface area contributed by atoms with Crippen LogP contribution >= 0.6 is 11.8 Å². The Balaban J connectivity index is 1.78. The smallest absolute Gasteiger partial charge is 0.389 e. The molecule has 0 aliphatic carbocycles. The Morgan fingerprint density at radius 3 is 2.36 bits per heavy atom. The molecule has 2 unspecified atom stereocenters. The van der Waals surface area contributed by atoms with Gasteiger partial charge in [0.05, 0.1) is 11.2 Å². The van der Waals surface area contributed by atoms with Crippen LogP contribution in [0.15, 0.2) is 18.2 Å². The van der Waals surface area contributed by atoms with E-state index in [1.54, 1.807) is 0 Å². The van der Waals surface area contributed by atoms with Crippen LogP contribution in [0.4, 0.5) is 17.6 Å². The van der Waals surface area contributed by atoms with Crippen molar-refractivity contribution in [2.45, 2.75) is 60.8 Å². The second kappa shape index (κ2) is 5.71. The van der Waals surface area contributed by atoms with Gasteiger partial charge in [0.1, 0.15) is 5.82 Å². The van der Waals surface area contributed by atoms with Gasteiger partial charge >= 0.3 is 6.18 Å². The molecular weight excluding hydrogens is 316 g/mol. The number of hydrogen-bond acceptors (Lipinski definition) is 2. The molecule has 3 rings (SSSR count). The molecule has 1 aromatic carbocycles. The zero-order valence-electron chi connectivity index (χ0n) is 12.0. The lowest BCUT2D eigenvalue weighted by molar-refractivity contribution is -0.137. The summed E-state index contributed by atoms with van der Waals surface area (Å²) in [6.07, 6.45) is -0.00639. The van der Waals surface area contributed by atoms with E-state index in [1.807, 2.05) is 11.8 Å². The highest BCUT2D eigenvalue weighted by molar-refractivity contribution is 8.00. The minimum Gasteiger partial charge on any atom is -0.389 e. The third-order valence-electron chi connectivity index (χ3n) is 4.55. The van der Waals surface area contributed by atoms with E-state index in [4.69, 9.17) is 0 Å². The minimum absolute atomic E-state index is 0.0878. The molecule has 2 aliphatic heterocycles. The number of rotatable bonds is 2. The molecule has 1 nitrogen and oxygen atoms in total. The first-order chi connectivity index (χ1) is 10.3. The molecule has 0 aromatic heterocycles. The first-order valence-corrected chi connectivity index (χ1v) is 8.43. The summed E-state index contributed by atoms with van der Waals surface area (Å²) in [7, 11) is 0. The second-order valence-electron chi connectivity index (χ2n) is 6.42. The number of alkyl halides is 3. The van der Waals surface area contributed by atoms with Crippen LogP contribution in [0.3, 0.4) is 0 Å². The van der Waals surface area contributed by atoms with Gasteiger partial charge in [-0.3, -0.25) is 0 Å². The minimum atomic E-state index is -4.55. The van der Waals surface area contributed by atoms with Crippen molar-refractivity contribution in [1.82, 2.24) is 0 Å². The van der Waals surface area contributed by atoms with E-state index in [0.29, 0.717) is 29.4 Å². The summed E-state index contributed by atoms with van der Waals surface area (Å²) in [5.41, 5.74) is -1.82. The van der Waals surface area contributed by atoms with E-state index >= 15 is 0 Å². The Morgan fingerprint density at radius 2 is 1.82 bits per heavy atom. The highest BCUT2D eigenvalue weighted by Crippen LogP contribution is 2.46. The average molecular weight is 334 g/mol. The topological polar surface area (TPSA) is 20.2 Å². The van der Waals surface area contributed by atoms with Gasteiger partial charge in [0.15, 0.2) is 0 Å². The summed E-state index contributed by atoms with van der Waals surface area (Å²) in [5, 5.41) is 11.6. The van der Waals surface area contributed by atoms with Crippen LogP contribution in [-0.2, 0) is 12.6 Å². The zero-order valence-corrected chi connectivity index (χ0v) is 12.8. The van der Waals surface area contributed by atoms with Crippen molar-refractivity contribution in [2.75, 3.05) is 0 Å². The van der Waals surface area contributed by atoms with Crippen LogP contribution in [0.2, 0.25) is 0 Å². The molecule has 2 saturated heterocycles. The van der Waals surface area contributed by atoms with E-state index in [0.717, 1.165) is 31.4 Å². The van der Waals surface area contributed by atoms with E-state index in [2.05, 4.69) is 0 Å². The molecule has 1 aromatic rings. The summed E-state index contributed by atoms with van der Waals surface area (Å²) in [4.78, 5) is 0. The van der Waals surface area contributed by atoms with Gasteiger partial charge < -0.3 is 5.11 Å². The number of hydrogen-bond donors (Lipinski definition) is 1. The van der Waals surface area contributed by atoms with Crippen molar-refractivity contribution in [1.29, 1.82) is 0 Å². The maximum absolute atomic E-state index is 14.0. The van der Waals surface area contributed by atoms with Gasteiger partial charge in [-0.15, -0.1) is 0 Å². The van der Waals surface area contributed by atoms with Crippen LogP contribution < -0.4 is 0 Å². The molecule has 1 N–H and O–H groups in total. The summed E-state index contributed by atoms with van der Waals surface area (Å²) >= 11 is 1.89. The standard InChI is InChI=1S/C16H18F4OS/c17-14-6-11(16(18,19)20)5-4-10(14)7-15(21)8-12-2-1-3-13(9-15)22-12/h4-6,12-13,21H,1-3,7-9H2. The molecule has 0 radical (unpaired) electrons. The molecule has 0 amide bonds. The highest BCUT2D eigenvalue weighted by Gasteiger charge is 2.42. The van der Waals surface area contributed by atoms with Crippen LogP contribution in [0.25, 0.3) is 0 Å². The van der Waals surface area contributed by atoms with Crippen molar-refractivity contribution in [3.8, 4) is 0 Å². The normalized spacial score (nSPS) is 32.0. The van der Waals surface area contributed by atoms with Gasteiger partial charge in [-0.1, -0.05) is 12.5 Å². The number of aliphatic hydroxyl groups is 1. The monoisotopic (exact) mass is 334 g/mol. The SMILES string of the molecule is OC1(Cc2ccc(C(F)(F)F)cc2F)CC2CCCC(C1)S2. The third kappa shape index (κ3) is 3.43. The number of benzene rings is 1. The Morgan fingerprint density at radius 1 is 1.18 bits per heavy atom. The van der Waals surface area contributed by atoms with Gasteiger partial charge in [0, 0.05) is 16.9 Å². The van der Waals surface area contributed by atoms with Crippen LogP contribution in [0, 0.1) is 5.82 Å². The van der Waals surface area contributed by atoms with E-state index in [9.17, 15) is 22.7 Å². The van der Waals surface area contributed by atoms with Crippen molar-refractivity contribution < 1.29 is 22.7 Å². The first-order valence-electron chi connectivity index (χ1n) is 7.49. The number of halogens is 4. The largest absolute Gasteiger partial charge is 0.416 e. The number of fused-ring (bicyclic) bond motifs is 2. The van der Waals surface area contributed by atoms with Gasteiger partial charge in [0.2, 0.25) is 0 Å². The van der Waals surface area contributed by atoms with Crippen molar-refractivity contribution >= 4 is 11.8 Å². The Kier molecular flexibility index (Phi) is 4.18. The fraction of sp³-hybridized carbons (Fsp3) is 0.625. The van der Waals surface area contributed by atoms with E-state index in [-0.39, 0.29) is 12.0 Å².